The van der Waals surface area contributed by atoms with Crippen molar-refractivity contribution in [2.45, 2.75) is 20.3 Å². The van der Waals surface area contributed by atoms with Gasteiger partial charge in [0.1, 0.15) is 0 Å². The Morgan fingerprint density at radius 1 is 1.17 bits per heavy atom. The molecule has 0 amide bonds. The SMILES string of the molecule is CCOC(=O)CS(=O)(=O)N(CC)CCC(=O)OC. The van der Waals surface area contributed by atoms with Gasteiger partial charge in [-0.2, -0.15) is 0 Å². The second-order valence-corrected chi connectivity index (χ2v) is 5.35. The third-order valence-electron chi connectivity index (χ3n) is 2.14. The van der Waals surface area contributed by atoms with Crippen molar-refractivity contribution < 1.29 is 27.5 Å². The number of rotatable bonds is 8. The Labute approximate surface area is 107 Å². The Morgan fingerprint density at radius 3 is 2.22 bits per heavy atom. The lowest BCUT2D eigenvalue weighted by Gasteiger charge is -2.19. The first-order valence-electron chi connectivity index (χ1n) is 5.57. The molecule has 7 nitrogen and oxygen atoms in total. The van der Waals surface area contributed by atoms with Crippen LogP contribution in [-0.2, 0) is 29.1 Å². The smallest absolute Gasteiger partial charge is 0.322 e. The Balaban J connectivity index is 4.52. The quantitative estimate of drug-likeness (QED) is 0.571. The van der Waals surface area contributed by atoms with Gasteiger partial charge in [-0.15, -0.1) is 0 Å². The van der Waals surface area contributed by atoms with Crippen LogP contribution >= 0.6 is 0 Å². The monoisotopic (exact) mass is 281 g/mol. The van der Waals surface area contributed by atoms with E-state index >= 15 is 0 Å². The molecule has 0 fully saturated rings. The molecule has 0 atom stereocenters. The summed E-state index contributed by atoms with van der Waals surface area (Å²) in [6, 6.07) is 0. The fraction of sp³-hybridized carbons (Fsp3) is 0.800. The van der Waals surface area contributed by atoms with Crippen LogP contribution in [0.4, 0.5) is 0 Å². The molecule has 0 aliphatic heterocycles. The van der Waals surface area contributed by atoms with Crippen molar-refractivity contribution >= 4 is 22.0 Å². The number of sulfonamides is 1. The van der Waals surface area contributed by atoms with Gasteiger partial charge in [-0.3, -0.25) is 9.59 Å². The van der Waals surface area contributed by atoms with E-state index < -0.39 is 27.7 Å². The summed E-state index contributed by atoms with van der Waals surface area (Å²) in [6.45, 7) is 3.52. The minimum Gasteiger partial charge on any atom is -0.469 e. The molecule has 0 aromatic rings. The molecule has 0 saturated carbocycles. The molecule has 0 spiro atoms. The molecule has 0 aromatic heterocycles. The first-order valence-corrected chi connectivity index (χ1v) is 7.18. The van der Waals surface area contributed by atoms with Crippen molar-refractivity contribution in [2.24, 2.45) is 0 Å². The van der Waals surface area contributed by atoms with Crippen molar-refractivity contribution in [1.82, 2.24) is 4.31 Å². The van der Waals surface area contributed by atoms with Gasteiger partial charge in [-0.25, -0.2) is 12.7 Å². The van der Waals surface area contributed by atoms with E-state index in [1.54, 1.807) is 13.8 Å². The number of hydrogen-bond acceptors (Lipinski definition) is 6. The average molecular weight is 281 g/mol. The zero-order valence-corrected chi connectivity index (χ0v) is 11.7. The molecule has 8 heteroatoms. The molecule has 0 rings (SSSR count). The number of methoxy groups -OCH3 is 1. The molecule has 18 heavy (non-hydrogen) atoms. The van der Waals surface area contributed by atoms with E-state index in [9.17, 15) is 18.0 Å². The van der Waals surface area contributed by atoms with Crippen LogP contribution in [0.3, 0.4) is 0 Å². The zero-order valence-electron chi connectivity index (χ0n) is 10.8. The number of ether oxygens (including phenoxy) is 2. The van der Waals surface area contributed by atoms with Crippen molar-refractivity contribution in [3.8, 4) is 0 Å². The number of carbonyl (C=O) groups is 2. The maximum atomic E-state index is 11.8. The number of nitrogens with zero attached hydrogens (tertiary/aromatic N) is 1. The summed E-state index contributed by atoms with van der Waals surface area (Å²) in [5.74, 6) is -2.01. The first kappa shape index (κ1) is 16.9. The molecule has 0 heterocycles. The summed E-state index contributed by atoms with van der Waals surface area (Å²) in [4.78, 5) is 22.1. The van der Waals surface area contributed by atoms with Crippen LogP contribution in [0.25, 0.3) is 0 Å². The molecule has 0 aliphatic carbocycles. The number of esters is 2. The van der Waals surface area contributed by atoms with E-state index in [0.29, 0.717) is 0 Å². The highest BCUT2D eigenvalue weighted by Gasteiger charge is 2.25. The normalized spacial score (nSPS) is 11.3. The summed E-state index contributed by atoms with van der Waals surface area (Å²) >= 11 is 0. The molecule has 0 aliphatic rings. The fourth-order valence-corrected chi connectivity index (χ4v) is 2.58. The number of hydrogen-bond donors (Lipinski definition) is 0. The van der Waals surface area contributed by atoms with Gasteiger partial charge in [0, 0.05) is 13.1 Å². The van der Waals surface area contributed by atoms with Gasteiger partial charge < -0.3 is 9.47 Å². The van der Waals surface area contributed by atoms with Crippen molar-refractivity contribution in [1.29, 1.82) is 0 Å². The molecule has 0 radical (unpaired) electrons. The van der Waals surface area contributed by atoms with Crippen molar-refractivity contribution in [3.63, 3.8) is 0 Å². The van der Waals surface area contributed by atoms with E-state index in [0.717, 1.165) is 4.31 Å². The maximum Gasteiger partial charge on any atom is 0.322 e. The Morgan fingerprint density at radius 2 is 1.78 bits per heavy atom. The highest BCUT2D eigenvalue weighted by Crippen LogP contribution is 2.04. The van der Waals surface area contributed by atoms with E-state index in [2.05, 4.69) is 9.47 Å². The lowest BCUT2D eigenvalue weighted by atomic mass is 10.4. The van der Waals surface area contributed by atoms with E-state index in [1.807, 2.05) is 0 Å². The summed E-state index contributed by atoms with van der Waals surface area (Å²) < 4.78 is 33.7. The molecular formula is C10H19NO6S. The zero-order chi connectivity index (χ0) is 14.2. The van der Waals surface area contributed by atoms with Gasteiger partial charge in [-0.05, 0) is 6.92 Å². The van der Waals surface area contributed by atoms with Gasteiger partial charge >= 0.3 is 11.9 Å². The van der Waals surface area contributed by atoms with Crippen LogP contribution < -0.4 is 0 Å². The average Bonchev–Trinajstić information content (AvgIpc) is 2.28. The fourth-order valence-electron chi connectivity index (χ4n) is 1.25. The maximum absolute atomic E-state index is 11.8. The van der Waals surface area contributed by atoms with E-state index in [-0.39, 0.29) is 26.1 Å². The van der Waals surface area contributed by atoms with Crippen LogP contribution in [0.15, 0.2) is 0 Å². The summed E-state index contributed by atoms with van der Waals surface area (Å²) in [5, 5.41) is 0. The van der Waals surface area contributed by atoms with Crippen LogP contribution in [0.1, 0.15) is 20.3 Å². The molecule has 0 N–H and O–H groups in total. The molecule has 0 aromatic carbocycles. The van der Waals surface area contributed by atoms with Gasteiger partial charge in [0.05, 0.1) is 20.1 Å². The predicted octanol–water partition coefficient (Wildman–Crippen LogP) is -0.236. The molecule has 0 unspecified atom stereocenters. The van der Waals surface area contributed by atoms with E-state index in [4.69, 9.17) is 0 Å². The Hall–Kier alpha value is -1.15. The van der Waals surface area contributed by atoms with Crippen molar-refractivity contribution in [3.05, 3.63) is 0 Å². The van der Waals surface area contributed by atoms with Crippen LogP contribution in [-0.4, -0.2) is 57.2 Å². The summed E-state index contributed by atoms with van der Waals surface area (Å²) in [6.07, 6.45) is -0.0492. The minimum absolute atomic E-state index is 0.00902. The van der Waals surface area contributed by atoms with Crippen LogP contribution in [0.5, 0.6) is 0 Å². The standard InChI is InChI=1S/C10H19NO6S/c1-4-11(7-6-9(12)16-3)18(14,15)8-10(13)17-5-2/h4-8H2,1-3H3. The van der Waals surface area contributed by atoms with Gasteiger partial charge in [0.15, 0.2) is 5.75 Å². The third-order valence-corrected chi connectivity index (χ3v) is 3.97. The molecule has 0 bridgehead atoms. The first-order chi connectivity index (χ1) is 8.37. The molecule has 106 valence electrons. The second kappa shape index (κ2) is 8.04. The third kappa shape index (κ3) is 5.97. The largest absolute Gasteiger partial charge is 0.469 e. The second-order valence-electron chi connectivity index (χ2n) is 3.38. The van der Waals surface area contributed by atoms with Gasteiger partial charge in [0.25, 0.3) is 0 Å². The van der Waals surface area contributed by atoms with Gasteiger partial charge in [-0.1, -0.05) is 6.92 Å². The summed E-state index contributed by atoms with van der Waals surface area (Å²) in [7, 11) is -2.52. The summed E-state index contributed by atoms with van der Waals surface area (Å²) in [5.41, 5.74) is 0. The lowest BCUT2D eigenvalue weighted by Crippen LogP contribution is -2.37. The number of carbonyl (C=O) groups excluding carboxylic acids is 2. The molecule has 0 saturated heterocycles. The minimum atomic E-state index is -3.75. The van der Waals surface area contributed by atoms with Crippen LogP contribution in [0, 0.1) is 0 Å². The highest BCUT2D eigenvalue weighted by molar-refractivity contribution is 7.89. The lowest BCUT2D eigenvalue weighted by molar-refractivity contribution is -0.141. The van der Waals surface area contributed by atoms with Crippen LogP contribution in [0.2, 0.25) is 0 Å². The highest BCUT2D eigenvalue weighted by atomic mass is 32.2. The van der Waals surface area contributed by atoms with E-state index in [1.165, 1.54) is 7.11 Å². The topological polar surface area (TPSA) is 90.0 Å². The Kier molecular flexibility index (Phi) is 7.53. The predicted molar refractivity (Wildman–Crippen MR) is 64.3 cm³/mol. The Bertz CT molecular complexity index is 378. The van der Waals surface area contributed by atoms with Crippen molar-refractivity contribution in [2.75, 3.05) is 32.6 Å². The van der Waals surface area contributed by atoms with Gasteiger partial charge in [0.2, 0.25) is 10.0 Å². The molecular weight excluding hydrogens is 262 g/mol.